The summed E-state index contributed by atoms with van der Waals surface area (Å²) in [6.45, 7) is 0. The Hall–Kier alpha value is -2.08. The van der Waals surface area contributed by atoms with Gasteiger partial charge in [-0.3, -0.25) is 4.79 Å². The maximum atomic E-state index is 12.3. The second-order valence-electron chi connectivity index (χ2n) is 8.07. The lowest BCUT2D eigenvalue weighted by molar-refractivity contribution is -0.121. The molecular formula is C22H32N4O2. The van der Waals surface area contributed by atoms with Gasteiger partial charge in [0.15, 0.2) is 5.82 Å². The van der Waals surface area contributed by atoms with Gasteiger partial charge in [-0.05, 0) is 50.0 Å². The monoisotopic (exact) mass is 384 g/mol. The van der Waals surface area contributed by atoms with Crippen molar-refractivity contribution in [3.63, 3.8) is 0 Å². The lowest BCUT2D eigenvalue weighted by Crippen LogP contribution is -2.18. The number of unbranched alkanes of at least 4 members (excludes halogenated alkanes) is 3. The Labute approximate surface area is 167 Å². The maximum absolute atomic E-state index is 12.3. The summed E-state index contributed by atoms with van der Waals surface area (Å²) in [6.07, 6.45) is 10.2. The van der Waals surface area contributed by atoms with Crippen molar-refractivity contribution in [2.75, 3.05) is 0 Å². The van der Waals surface area contributed by atoms with E-state index in [-0.39, 0.29) is 12.0 Å². The molecule has 1 heterocycles. The first-order chi connectivity index (χ1) is 13.7. The average Bonchev–Trinajstić information content (AvgIpc) is 3.34. The Morgan fingerprint density at radius 1 is 1.11 bits per heavy atom. The van der Waals surface area contributed by atoms with Crippen LogP contribution in [-0.4, -0.2) is 37.6 Å². The first-order valence-electron chi connectivity index (χ1n) is 10.7. The molecule has 2 aromatic rings. The number of H-pyrrole nitrogens is 1. The lowest BCUT2D eigenvalue weighted by Gasteiger charge is -2.20. The fourth-order valence-corrected chi connectivity index (χ4v) is 4.40. The van der Waals surface area contributed by atoms with Crippen molar-refractivity contribution in [2.45, 2.75) is 76.7 Å². The van der Waals surface area contributed by atoms with E-state index in [9.17, 15) is 9.90 Å². The Bertz CT molecular complexity index is 690. The molecule has 0 spiro atoms. The number of aromatic nitrogens is 4. The van der Waals surface area contributed by atoms with E-state index >= 15 is 0 Å². The molecule has 6 nitrogen and oxygen atoms in total. The van der Waals surface area contributed by atoms with Gasteiger partial charge < -0.3 is 5.11 Å². The Morgan fingerprint density at radius 3 is 2.71 bits per heavy atom. The average molecular weight is 385 g/mol. The molecule has 6 heteroatoms. The number of Topliss-reactive ketones (excluding diaryl/α,β-unsaturated/α-hetero) is 1. The van der Waals surface area contributed by atoms with Crippen LogP contribution in [-0.2, 0) is 17.6 Å². The molecule has 1 aliphatic rings. The number of benzene rings is 1. The third-order valence-electron chi connectivity index (χ3n) is 5.98. The fourth-order valence-electron chi connectivity index (χ4n) is 4.40. The number of aliphatic hydroxyl groups excluding tert-OH is 1. The second kappa shape index (κ2) is 11.1. The van der Waals surface area contributed by atoms with Gasteiger partial charge in [0, 0.05) is 18.8 Å². The topological polar surface area (TPSA) is 91.8 Å². The van der Waals surface area contributed by atoms with Gasteiger partial charge in [0.25, 0.3) is 0 Å². The van der Waals surface area contributed by atoms with Crippen LogP contribution in [0.4, 0.5) is 0 Å². The van der Waals surface area contributed by atoms with Crippen molar-refractivity contribution in [1.29, 1.82) is 0 Å². The molecule has 1 saturated carbocycles. The van der Waals surface area contributed by atoms with Crippen molar-refractivity contribution in [3.05, 3.63) is 41.7 Å². The van der Waals surface area contributed by atoms with Gasteiger partial charge in [-0.1, -0.05) is 54.8 Å². The molecule has 2 N–H and O–H groups in total. The van der Waals surface area contributed by atoms with Crippen molar-refractivity contribution >= 4 is 5.78 Å². The Kier molecular flexibility index (Phi) is 8.15. The molecule has 0 radical (unpaired) electrons. The summed E-state index contributed by atoms with van der Waals surface area (Å²) in [4.78, 5) is 12.3. The minimum absolute atomic E-state index is 0.209. The van der Waals surface area contributed by atoms with E-state index in [1.165, 1.54) is 5.56 Å². The van der Waals surface area contributed by atoms with Crippen molar-refractivity contribution in [3.8, 4) is 0 Å². The highest BCUT2D eigenvalue weighted by atomic mass is 16.3. The Balaban J connectivity index is 1.32. The largest absolute Gasteiger partial charge is 0.393 e. The molecule has 1 fully saturated rings. The number of hydrogen-bond acceptors (Lipinski definition) is 5. The van der Waals surface area contributed by atoms with Crippen molar-refractivity contribution in [1.82, 2.24) is 20.6 Å². The lowest BCUT2D eigenvalue weighted by atomic mass is 9.85. The first kappa shape index (κ1) is 20.6. The summed E-state index contributed by atoms with van der Waals surface area (Å²) < 4.78 is 0. The molecule has 0 bridgehead atoms. The molecule has 3 rings (SSSR count). The predicted octanol–water partition coefficient (Wildman–Crippen LogP) is 3.67. The van der Waals surface area contributed by atoms with Crippen LogP contribution in [0.1, 0.15) is 69.2 Å². The number of ketones is 1. The molecular weight excluding hydrogens is 352 g/mol. The minimum Gasteiger partial charge on any atom is -0.393 e. The van der Waals surface area contributed by atoms with Crippen molar-refractivity contribution < 1.29 is 9.90 Å². The summed E-state index contributed by atoms with van der Waals surface area (Å²) in [5, 5.41) is 24.3. The number of rotatable bonds is 12. The zero-order chi connectivity index (χ0) is 19.6. The first-order valence-corrected chi connectivity index (χ1v) is 10.7. The highest BCUT2D eigenvalue weighted by Crippen LogP contribution is 2.36. The molecule has 0 aliphatic heterocycles. The summed E-state index contributed by atoms with van der Waals surface area (Å²) in [7, 11) is 0. The fraction of sp³-hybridized carbons (Fsp3) is 0.636. The number of aliphatic hydroxyl groups is 1. The molecule has 0 saturated heterocycles. The number of nitrogens with zero attached hydrogens (tertiary/aromatic N) is 3. The van der Waals surface area contributed by atoms with Gasteiger partial charge >= 0.3 is 0 Å². The van der Waals surface area contributed by atoms with E-state index in [0.29, 0.717) is 18.1 Å². The van der Waals surface area contributed by atoms with Gasteiger partial charge in [-0.15, -0.1) is 10.2 Å². The number of carbonyl (C=O) groups is 1. The summed E-state index contributed by atoms with van der Waals surface area (Å²) in [5.74, 6) is 1.88. The van der Waals surface area contributed by atoms with Crippen LogP contribution < -0.4 is 0 Å². The molecule has 1 aromatic heterocycles. The predicted molar refractivity (Wildman–Crippen MR) is 108 cm³/mol. The van der Waals surface area contributed by atoms with Gasteiger partial charge in [-0.2, -0.15) is 5.21 Å². The van der Waals surface area contributed by atoms with E-state index in [1.54, 1.807) is 0 Å². The second-order valence-corrected chi connectivity index (χ2v) is 8.07. The third-order valence-corrected chi connectivity index (χ3v) is 5.98. The number of aryl methyl sites for hydroxylation is 1. The zero-order valence-corrected chi connectivity index (χ0v) is 16.6. The number of carbonyl (C=O) groups excluding carboxylic acids is 1. The summed E-state index contributed by atoms with van der Waals surface area (Å²) in [6, 6.07) is 10.1. The van der Waals surface area contributed by atoms with Crippen LogP contribution >= 0.6 is 0 Å². The van der Waals surface area contributed by atoms with Gasteiger partial charge in [0.05, 0.1) is 6.10 Å². The summed E-state index contributed by atoms with van der Waals surface area (Å²) >= 11 is 0. The van der Waals surface area contributed by atoms with Gasteiger partial charge in [-0.25, -0.2) is 0 Å². The number of tetrazole rings is 1. The van der Waals surface area contributed by atoms with E-state index in [1.807, 2.05) is 18.2 Å². The van der Waals surface area contributed by atoms with Gasteiger partial charge in [0.1, 0.15) is 5.78 Å². The van der Waals surface area contributed by atoms with E-state index in [2.05, 4.69) is 32.8 Å². The highest BCUT2D eigenvalue weighted by Gasteiger charge is 2.33. The molecule has 3 atom stereocenters. The van der Waals surface area contributed by atoms with Crippen LogP contribution in [0.5, 0.6) is 0 Å². The van der Waals surface area contributed by atoms with Crippen LogP contribution in [0.3, 0.4) is 0 Å². The molecule has 28 heavy (non-hydrogen) atoms. The standard InChI is InChI=1S/C22H32N4O2/c27-19(16-17-8-4-3-5-9-17)14-12-18-13-15-21(28)20(18)10-6-1-2-7-11-22-23-25-26-24-22/h3-5,8-9,18-20,27H,1-2,6-7,10-16H2,(H,23,24,25,26)/t18-,19?,20+/m0/s1. The van der Waals surface area contributed by atoms with Crippen LogP contribution in [0, 0.1) is 11.8 Å². The SMILES string of the molecule is O=C1CC[C@H](CCC(O)Cc2ccccc2)[C@H]1CCCCCCc1nn[nH]n1. The smallest absolute Gasteiger partial charge is 0.174 e. The molecule has 152 valence electrons. The molecule has 0 amide bonds. The van der Waals surface area contributed by atoms with Gasteiger partial charge in [0.2, 0.25) is 0 Å². The van der Waals surface area contributed by atoms with Crippen molar-refractivity contribution in [2.24, 2.45) is 11.8 Å². The highest BCUT2D eigenvalue weighted by molar-refractivity contribution is 5.83. The minimum atomic E-state index is -0.316. The zero-order valence-electron chi connectivity index (χ0n) is 16.6. The summed E-state index contributed by atoms with van der Waals surface area (Å²) in [5.41, 5.74) is 1.18. The molecule has 1 unspecified atom stereocenters. The number of nitrogens with one attached hydrogen (secondary N) is 1. The normalized spacial score (nSPS) is 20.5. The number of aromatic amines is 1. The molecule has 1 aliphatic carbocycles. The van der Waals surface area contributed by atoms with Crippen LogP contribution in [0.15, 0.2) is 30.3 Å². The quantitative estimate of drug-likeness (QED) is 0.545. The van der Waals surface area contributed by atoms with Crippen LogP contribution in [0.25, 0.3) is 0 Å². The van der Waals surface area contributed by atoms with Crippen LogP contribution in [0.2, 0.25) is 0 Å². The third kappa shape index (κ3) is 6.51. The Morgan fingerprint density at radius 2 is 1.93 bits per heavy atom. The van der Waals surface area contributed by atoms with E-state index in [0.717, 1.165) is 70.0 Å². The van der Waals surface area contributed by atoms with E-state index in [4.69, 9.17) is 0 Å². The molecule has 1 aromatic carbocycles. The van der Waals surface area contributed by atoms with E-state index < -0.39 is 0 Å². The maximum Gasteiger partial charge on any atom is 0.174 e. The number of hydrogen-bond donors (Lipinski definition) is 2.